The summed E-state index contributed by atoms with van der Waals surface area (Å²) in [4.78, 5) is 11.6. The third-order valence-corrected chi connectivity index (χ3v) is 4.66. The van der Waals surface area contributed by atoms with Crippen LogP contribution in [-0.4, -0.2) is 26.9 Å². The number of benzene rings is 2. The molecule has 0 unspecified atom stereocenters. The quantitative estimate of drug-likeness (QED) is 0.662. The van der Waals surface area contributed by atoms with Crippen molar-refractivity contribution in [2.45, 2.75) is 4.90 Å². The van der Waals surface area contributed by atoms with E-state index < -0.39 is 16.1 Å². The maximum atomic E-state index is 12.4. The second-order valence-electron chi connectivity index (χ2n) is 4.71. The minimum absolute atomic E-state index is 0.0117. The van der Waals surface area contributed by atoms with E-state index in [9.17, 15) is 13.2 Å². The number of carbonyl (C=O) groups is 1. The lowest BCUT2D eigenvalue weighted by Gasteiger charge is -2.11. The molecule has 0 fully saturated rings. The molecule has 0 spiro atoms. The molecule has 0 aliphatic heterocycles. The molecule has 0 heterocycles. The van der Waals surface area contributed by atoms with E-state index in [2.05, 4.69) is 15.4 Å². The van der Waals surface area contributed by atoms with E-state index in [0.717, 1.165) is 0 Å². The van der Waals surface area contributed by atoms with Crippen LogP contribution in [0.5, 0.6) is 0 Å². The lowest BCUT2D eigenvalue weighted by Crippen LogP contribution is -2.30. The topological polar surface area (TPSA) is 87.3 Å². The van der Waals surface area contributed by atoms with Crippen LogP contribution >= 0.6 is 23.2 Å². The lowest BCUT2D eigenvalue weighted by molar-refractivity contribution is 0.252. The molecule has 0 atom stereocenters. The van der Waals surface area contributed by atoms with Crippen molar-refractivity contribution in [1.29, 1.82) is 0 Å². The monoisotopic (exact) mass is 387 g/mol. The van der Waals surface area contributed by atoms with Gasteiger partial charge in [-0.25, -0.2) is 13.2 Å². The van der Waals surface area contributed by atoms with Crippen molar-refractivity contribution in [3.05, 3.63) is 53.6 Å². The van der Waals surface area contributed by atoms with Crippen LogP contribution in [-0.2, 0) is 10.0 Å². The fraction of sp³-hybridized carbons (Fsp3) is 0.133. The van der Waals surface area contributed by atoms with Crippen molar-refractivity contribution in [3.63, 3.8) is 0 Å². The molecule has 2 rings (SSSR count). The summed E-state index contributed by atoms with van der Waals surface area (Å²) in [5.41, 5.74) is 0.691. The van der Waals surface area contributed by atoms with Crippen molar-refractivity contribution >= 4 is 50.6 Å². The van der Waals surface area contributed by atoms with Crippen LogP contribution in [0.4, 0.5) is 16.2 Å². The highest BCUT2D eigenvalue weighted by Crippen LogP contribution is 2.21. The summed E-state index contributed by atoms with van der Waals surface area (Å²) in [5.74, 6) is 0.283. The van der Waals surface area contributed by atoms with Gasteiger partial charge in [-0.3, -0.25) is 4.72 Å². The van der Waals surface area contributed by atoms with Gasteiger partial charge in [-0.2, -0.15) is 0 Å². The molecule has 0 saturated heterocycles. The van der Waals surface area contributed by atoms with Crippen LogP contribution < -0.4 is 15.4 Å². The van der Waals surface area contributed by atoms with Crippen molar-refractivity contribution < 1.29 is 13.2 Å². The highest BCUT2D eigenvalue weighted by molar-refractivity contribution is 7.92. The number of nitrogens with one attached hydrogen (secondary N) is 3. The van der Waals surface area contributed by atoms with Gasteiger partial charge in [0, 0.05) is 23.1 Å². The molecule has 0 aliphatic carbocycles. The molecule has 9 heteroatoms. The van der Waals surface area contributed by atoms with Crippen molar-refractivity contribution in [2.24, 2.45) is 0 Å². The maximum Gasteiger partial charge on any atom is 0.319 e. The molecular weight excluding hydrogens is 373 g/mol. The number of hydrogen-bond acceptors (Lipinski definition) is 3. The molecule has 0 aliphatic rings. The largest absolute Gasteiger partial charge is 0.337 e. The normalized spacial score (nSPS) is 10.9. The maximum absolute atomic E-state index is 12.4. The van der Waals surface area contributed by atoms with Crippen LogP contribution in [0.25, 0.3) is 0 Å². The average Bonchev–Trinajstić information content (AvgIpc) is 2.53. The summed E-state index contributed by atoms with van der Waals surface area (Å²) in [6.45, 7) is 0.307. The Kier molecular flexibility index (Phi) is 6.30. The van der Waals surface area contributed by atoms with Crippen LogP contribution in [0.15, 0.2) is 53.4 Å². The zero-order valence-corrected chi connectivity index (χ0v) is 14.8. The third-order valence-electron chi connectivity index (χ3n) is 2.86. The average molecular weight is 388 g/mol. The van der Waals surface area contributed by atoms with E-state index in [0.29, 0.717) is 22.9 Å². The lowest BCUT2D eigenvalue weighted by atomic mass is 10.3. The van der Waals surface area contributed by atoms with Gasteiger partial charge in [-0.15, -0.1) is 11.6 Å². The Morgan fingerprint density at radius 3 is 2.46 bits per heavy atom. The summed E-state index contributed by atoms with van der Waals surface area (Å²) in [5, 5.41) is 5.48. The Bertz CT molecular complexity index is 828. The minimum Gasteiger partial charge on any atom is -0.337 e. The first-order valence-electron chi connectivity index (χ1n) is 6.90. The standard InChI is InChI=1S/C15H15Cl2N3O3S/c16-7-8-18-15(21)19-12-4-2-6-14(10-12)24(22,23)20-13-5-1-3-11(17)9-13/h1-6,9-10,20H,7-8H2,(H2,18,19,21). The highest BCUT2D eigenvalue weighted by Gasteiger charge is 2.15. The molecular formula is C15H15Cl2N3O3S. The molecule has 0 aromatic heterocycles. The summed E-state index contributed by atoms with van der Waals surface area (Å²) in [6.07, 6.45) is 0. The van der Waals surface area contributed by atoms with Gasteiger partial charge in [-0.1, -0.05) is 23.7 Å². The molecule has 128 valence electrons. The van der Waals surface area contributed by atoms with Gasteiger partial charge in [0.15, 0.2) is 0 Å². The van der Waals surface area contributed by atoms with Gasteiger partial charge in [0.2, 0.25) is 0 Å². The highest BCUT2D eigenvalue weighted by atomic mass is 35.5. The number of urea groups is 1. The van der Waals surface area contributed by atoms with Gasteiger partial charge >= 0.3 is 6.03 Å². The molecule has 2 aromatic rings. The number of carbonyl (C=O) groups excluding carboxylic acids is 1. The molecule has 2 aromatic carbocycles. The zero-order chi connectivity index (χ0) is 17.6. The second kappa shape index (κ2) is 8.23. The summed E-state index contributed by atoms with van der Waals surface area (Å²) < 4.78 is 27.3. The van der Waals surface area contributed by atoms with Gasteiger partial charge in [-0.05, 0) is 36.4 Å². The van der Waals surface area contributed by atoms with Gasteiger partial charge < -0.3 is 10.6 Å². The van der Waals surface area contributed by atoms with E-state index in [1.807, 2.05) is 0 Å². The van der Waals surface area contributed by atoms with Crippen LogP contribution in [0.1, 0.15) is 0 Å². The van der Waals surface area contributed by atoms with E-state index >= 15 is 0 Å². The van der Waals surface area contributed by atoms with Crippen LogP contribution in [0, 0.1) is 0 Å². The Morgan fingerprint density at radius 2 is 1.75 bits per heavy atom. The fourth-order valence-corrected chi connectivity index (χ4v) is 3.22. The second-order valence-corrected chi connectivity index (χ2v) is 7.21. The van der Waals surface area contributed by atoms with Crippen molar-refractivity contribution in [1.82, 2.24) is 5.32 Å². The van der Waals surface area contributed by atoms with Crippen LogP contribution in [0.2, 0.25) is 5.02 Å². The number of anilines is 2. The smallest absolute Gasteiger partial charge is 0.319 e. The van der Waals surface area contributed by atoms with Gasteiger partial charge in [0.05, 0.1) is 10.6 Å². The van der Waals surface area contributed by atoms with Gasteiger partial charge in [0.1, 0.15) is 0 Å². The molecule has 6 nitrogen and oxygen atoms in total. The Balaban J connectivity index is 2.15. The number of alkyl halides is 1. The Hall–Kier alpha value is -1.96. The first kappa shape index (κ1) is 18.4. The van der Waals surface area contributed by atoms with E-state index in [1.165, 1.54) is 24.3 Å². The van der Waals surface area contributed by atoms with Crippen LogP contribution in [0.3, 0.4) is 0 Å². The molecule has 0 saturated carbocycles. The Labute approximate surface area is 150 Å². The minimum atomic E-state index is -3.81. The summed E-state index contributed by atoms with van der Waals surface area (Å²) in [7, 11) is -3.81. The van der Waals surface area contributed by atoms with E-state index in [1.54, 1.807) is 24.3 Å². The number of rotatable bonds is 6. The molecule has 3 N–H and O–H groups in total. The number of sulfonamides is 1. The number of halogens is 2. The molecule has 0 bridgehead atoms. The summed E-state index contributed by atoms with van der Waals surface area (Å²) >= 11 is 11.3. The summed E-state index contributed by atoms with van der Waals surface area (Å²) in [6, 6.07) is 11.8. The number of hydrogen-bond donors (Lipinski definition) is 3. The Morgan fingerprint density at radius 1 is 1.04 bits per heavy atom. The van der Waals surface area contributed by atoms with Crippen molar-refractivity contribution in [2.75, 3.05) is 22.5 Å². The molecule has 24 heavy (non-hydrogen) atoms. The predicted octanol–water partition coefficient (Wildman–Crippen LogP) is 3.50. The first-order valence-corrected chi connectivity index (χ1v) is 9.29. The first-order chi connectivity index (χ1) is 11.4. The molecule has 0 radical (unpaired) electrons. The SMILES string of the molecule is O=C(NCCCl)Nc1cccc(S(=O)(=O)Nc2cccc(Cl)c2)c1. The van der Waals surface area contributed by atoms with E-state index in [-0.39, 0.29) is 10.8 Å². The van der Waals surface area contributed by atoms with E-state index in [4.69, 9.17) is 23.2 Å². The number of amides is 2. The third kappa shape index (κ3) is 5.30. The fourth-order valence-electron chi connectivity index (χ4n) is 1.84. The van der Waals surface area contributed by atoms with Gasteiger partial charge in [0.25, 0.3) is 10.0 Å². The molecule has 2 amide bonds. The van der Waals surface area contributed by atoms with Crippen molar-refractivity contribution in [3.8, 4) is 0 Å². The predicted molar refractivity (Wildman–Crippen MR) is 96.4 cm³/mol. The zero-order valence-electron chi connectivity index (χ0n) is 12.4.